The first-order chi connectivity index (χ1) is 14.0. The molecule has 29 heavy (non-hydrogen) atoms. The molecular formula is C19H22FN5O4. The van der Waals surface area contributed by atoms with Crippen molar-refractivity contribution in [2.24, 2.45) is 5.92 Å². The van der Waals surface area contributed by atoms with Crippen LogP contribution in [0, 0.1) is 11.7 Å². The number of cyclic esters (lactones) is 1. The molecular weight excluding hydrogens is 381 g/mol. The third kappa shape index (κ3) is 3.43. The molecule has 3 aliphatic heterocycles. The molecule has 5 rings (SSSR count). The average Bonchev–Trinajstić information content (AvgIpc) is 3.25. The molecule has 1 aromatic rings. The topological polar surface area (TPSA) is 103 Å². The number of urea groups is 1. The zero-order chi connectivity index (χ0) is 20.1. The third-order valence-corrected chi connectivity index (χ3v) is 5.86. The highest BCUT2D eigenvalue weighted by Crippen LogP contribution is 2.31. The quantitative estimate of drug-likeness (QED) is 0.666. The molecule has 3 heterocycles. The van der Waals surface area contributed by atoms with E-state index in [2.05, 4.69) is 16.0 Å². The molecule has 10 heteroatoms. The summed E-state index contributed by atoms with van der Waals surface area (Å²) in [5, 5.41) is 8.44. The number of carbonyl (C=O) groups excluding carboxylic acids is 3. The predicted molar refractivity (Wildman–Crippen MR) is 101 cm³/mol. The monoisotopic (exact) mass is 403 g/mol. The Kier molecular flexibility index (Phi) is 4.21. The number of amides is 4. The summed E-state index contributed by atoms with van der Waals surface area (Å²) in [5.74, 6) is -0.346. The van der Waals surface area contributed by atoms with Gasteiger partial charge in [0, 0.05) is 19.0 Å². The number of halogens is 1. The van der Waals surface area contributed by atoms with Crippen LogP contribution in [0.4, 0.5) is 25.4 Å². The van der Waals surface area contributed by atoms with Crippen LogP contribution in [0.15, 0.2) is 18.2 Å². The van der Waals surface area contributed by atoms with Crippen molar-refractivity contribution in [1.82, 2.24) is 16.0 Å². The van der Waals surface area contributed by atoms with Gasteiger partial charge in [-0.15, -0.1) is 0 Å². The van der Waals surface area contributed by atoms with Gasteiger partial charge in [-0.1, -0.05) is 0 Å². The van der Waals surface area contributed by atoms with E-state index >= 15 is 0 Å². The lowest BCUT2D eigenvalue weighted by Gasteiger charge is -2.21. The van der Waals surface area contributed by atoms with E-state index in [1.807, 2.05) is 4.90 Å². The Bertz CT molecular complexity index is 860. The Labute approximate surface area is 166 Å². The van der Waals surface area contributed by atoms with Gasteiger partial charge < -0.3 is 25.6 Å². The number of anilines is 2. The van der Waals surface area contributed by atoms with E-state index in [1.54, 1.807) is 12.1 Å². The fourth-order valence-corrected chi connectivity index (χ4v) is 4.13. The fourth-order valence-electron chi connectivity index (χ4n) is 4.13. The number of benzene rings is 1. The lowest BCUT2D eigenvalue weighted by molar-refractivity contribution is -0.122. The van der Waals surface area contributed by atoms with Crippen LogP contribution in [-0.2, 0) is 9.53 Å². The van der Waals surface area contributed by atoms with Crippen LogP contribution in [0.25, 0.3) is 0 Å². The molecule has 3 N–H and O–H groups in total. The van der Waals surface area contributed by atoms with Crippen LogP contribution in [0.2, 0.25) is 0 Å². The lowest BCUT2D eigenvalue weighted by Crippen LogP contribution is -2.35. The lowest BCUT2D eigenvalue weighted by atomic mass is 10.2. The highest BCUT2D eigenvalue weighted by Gasteiger charge is 2.40. The summed E-state index contributed by atoms with van der Waals surface area (Å²) in [4.78, 5) is 38.5. The Morgan fingerprint density at radius 2 is 1.90 bits per heavy atom. The summed E-state index contributed by atoms with van der Waals surface area (Å²) in [5.41, 5.74) is 0.845. The molecule has 3 atom stereocenters. The molecule has 0 aromatic heterocycles. The number of fused-ring (bicyclic) bond motifs is 1. The van der Waals surface area contributed by atoms with E-state index in [-0.39, 0.29) is 43.0 Å². The Hall–Kier alpha value is -3.04. The van der Waals surface area contributed by atoms with Gasteiger partial charge >= 0.3 is 12.1 Å². The minimum absolute atomic E-state index is 0.00374. The summed E-state index contributed by atoms with van der Waals surface area (Å²) in [6.45, 7) is 1.56. The maximum atomic E-state index is 14.8. The highest BCUT2D eigenvalue weighted by molar-refractivity contribution is 5.90. The van der Waals surface area contributed by atoms with E-state index in [0.29, 0.717) is 24.5 Å². The van der Waals surface area contributed by atoms with Crippen LogP contribution in [0.1, 0.15) is 12.8 Å². The summed E-state index contributed by atoms with van der Waals surface area (Å²) >= 11 is 0. The van der Waals surface area contributed by atoms with E-state index in [1.165, 1.54) is 11.0 Å². The van der Waals surface area contributed by atoms with Gasteiger partial charge in [-0.2, -0.15) is 0 Å². The Morgan fingerprint density at radius 3 is 2.55 bits per heavy atom. The van der Waals surface area contributed by atoms with Gasteiger partial charge in [-0.05, 0) is 31.0 Å². The number of ether oxygens (including phenoxy) is 1. The van der Waals surface area contributed by atoms with Crippen molar-refractivity contribution >= 4 is 29.4 Å². The van der Waals surface area contributed by atoms with Gasteiger partial charge in [0.05, 0.1) is 36.5 Å². The van der Waals surface area contributed by atoms with Gasteiger partial charge in [-0.25, -0.2) is 14.0 Å². The van der Waals surface area contributed by atoms with Crippen molar-refractivity contribution < 1.29 is 23.5 Å². The van der Waals surface area contributed by atoms with Crippen molar-refractivity contribution in [3.05, 3.63) is 24.0 Å². The zero-order valence-electron chi connectivity index (χ0n) is 15.7. The number of hydrogen-bond acceptors (Lipinski definition) is 5. The fraction of sp³-hybridized carbons (Fsp3) is 0.526. The minimum atomic E-state index is -0.551. The molecule has 0 spiro atoms. The van der Waals surface area contributed by atoms with Crippen molar-refractivity contribution in [3.8, 4) is 0 Å². The second-order valence-corrected chi connectivity index (χ2v) is 8.01. The van der Waals surface area contributed by atoms with Gasteiger partial charge in [0.1, 0.15) is 11.9 Å². The first-order valence-corrected chi connectivity index (χ1v) is 9.85. The molecule has 1 aliphatic carbocycles. The molecule has 4 fully saturated rings. The Balaban J connectivity index is 1.22. The van der Waals surface area contributed by atoms with E-state index < -0.39 is 18.0 Å². The van der Waals surface area contributed by atoms with Gasteiger partial charge in [-0.3, -0.25) is 9.69 Å². The summed E-state index contributed by atoms with van der Waals surface area (Å²) in [6.07, 6.45) is 0.815. The van der Waals surface area contributed by atoms with Gasteiger partial charge in [0.25, 0.3) is 0 Å². The van der Waals surface area contributed by atoms with Crippen LogP contribution < -0.4 is 25.8 Å². The maximum absolute atomic E-state index is 14.8. The van der Waals surface area contributed by atoms with Gasteiger partial charge in [0.2, 0.25) is 5.91 Å². The second kappa shape index (κ2) is 6.78. The Morgan fingerprint density at radius 1 is 1.17 bits per heavy atom. The van der Waals surface area contributed by atoms with Crippen molar-refractivity contribution in [3.63, 3.8) is 0 Å². The number of nitrogens with one attached hydrogen (secondary N) is 3. The normalized spacial score (nSPS) is 28.1. The molecule has 0 bridgehead atoms. The zero-order valence-corrected chi connectivity index (χ0v) is 15.7. The third-order valence-electron chi connectivity index (χ3n) is 5.86. The highest BCUT2D eigenvalue weighted by atomic mass is 19.1. The molecule has 1 saturated carbocycles. The van der Waals surface area contributed by atoms with Crippen LogP contribution >= 0.6 is 0 Å². The van der Waals surface area contributed by atoms with E-state index in [9.17, 15) is 18.8 Å². The molecule has 4 aliphatic rings. The van der Waals surface area contributed by atoms with Crippen molar-refractivity contribution in [1.29, 1.82) is 0 Å². The molecule has 0 radical (unpaired) electrons. The van der Waals surface area contributed by atoms with Crippen molar-refractivity contribution in [2.75, 3.05) is 36.0 Å². The van der Waals surface area contributed by atoms with Gasteiger partial charge in [0.15, 0.2) is 0 Å². The average molecular weight is 403 g/mol. The second-order valence-electron chi connectivity index (χ2n) is 8.01. The number of rotatable bonds is 5. The number of hydrogen-bond donors (Lipinski definition) is 3. The molecule has 4 amide bonds. The molecule has 1 aromatic carbocycles. The minimum Gasteiger partial charge on any atom is -0.442 e. The SMILES string of the molecule is O=C1NC2CN(c3ccc(N4C[C@H](CNC(=O)C5CC5)OC4=O)cc3F)CC2N1. The standard InChI is InChI=1S/C19H22FN5O4/c20-13-5-11(3-4-16(13)24-8-14-15(9-24)23-18(27)22-14)25-7-12(29-19(25)28)6-21-17(26)10-1-2-10/h3-5,10,12,14-15H,1-2,6-9H2,(H,21,26)(H2,22,23,27)/t12-,14?,15?/m0/s1. The summed E-state index contributed by atoms with van der Waals surface area (Å²) in [7, 11) is 0. The van der Waals surface area contributed by atoms with E-state index in [0.717, 1.165) is 12.8 Å². The first-order valence-electron chi connectivity index (χ1n) is 9.85. The van der Waals surface area contributed by atoms with Crippen LogP contribution in [-0.4, -0.2) is 62.4 Å². The maximum Gasteiger partial charge on any atom is 0.414 e. The predicted octanol–water partition coefficient (Wildman–Crippen LogP) is 0.547. The summed E-state index contributed by atoms with van der Waals surface area (Å²) < 4.78 is 20.1. The number of carbonyl (C=O) groups is 3. The van der Waals surface area contributed by atoms with Crippen LogP contribution in [0.3, 0.4) is 0 Å². The molecule has 3 saturated heterocycles. The molecule has 154 valence electrons. The summed E-state index contributed by atoms with van der Waals surface area (Å²) in [6, 6.07) is 4.38. The van der Waals surface area contributed by atoms with Crippen LogP contribution in [0.5, 0.6) is 0 Å². The molecule has 2 unspecified atom stereocenters. The van der Waals surface area contributed by atoms with E-state index in [4.69, 9.17) is 4.74 Å². The smallest absolute Gasteiger partial charge is 0.414 e. The number of nitrogens with zero attached hydrogens (tertiary/aromatic N) is 2. The van der Waals surface area contributed by atoms with Crippen molar-refractivity contribution in [2.45, 2.75) is 31.0 Å². The largest absolute Gasteiger partial charge is 0.442 e. The first kappa shape index (κ1) is 18.0. The molecule has 9 nitrogen and oxygen atoms in total.